The van der Waals surface area contributed by atoms with Crippen LogP contribution in [0.4, 0.5) is 0 Å². The second kappa shape index (κ2) is 7.00. The van der Waals surface area contributed by atoms with Crippen LogP contribution in [0.5, 0.6) is 0 Å². The second-order valence-electron chi connectivity index (χ2n) is 5.05. The summed E-state index contributed by atoms with van der Waals surface area (Å²) in [6.45, 7) is 2.63. The number of carboxylic acids is 2. The average Bonchev–Trinajstić information content (AvgIpc) is 2.34. The maximum absolute atomic E-state index is 12.1. The number of carbonyl (C=O) groups is 2. The Labute approximate surface area is 118 Å². The molecule has 8 nitrogen and oxygen atoms in total. The van der Waals surface area contributed by atoms with Crippen molar-refractivity contribution in [2.75, 3.05) is 13.1 Å². The number of nitrogens with one attached hydrogen (secondary N) is 1. The summed E-state index contributed by atoms with van der Waals surface area (Å²) < 4.78 is 27.5. The highest BCUT2D eigenvalue weighted by atomic mass is 32.2. The molecular formula is C11H20N2O6S. The summed E-state index contributed by atoms with van der Waals surface area (Å²) in [6, 6.07) is -1.42. The molecule has 0 bridgehead atoms. The van der Waals surface area contributed by atoms with Crippen molar-refractivity contribution in [1.29, 1.82) is 0 Å². The van der Waals surface area contributed by atoms with Crippen LogP contribution in [0.15, 0.2) is 0 Å². The van der Waals surface area contributed by atoms with E-state index in [0.717, 1.165) is 12.8 Å². The molecule has 0 amide bonds. The third kappa shape index (κ3) is 5.06. The molecule has 1 fully saturated rings. The lowest BCUT2D eigenvalue weighted by atomic mass is 10.0. The van der Waals surface area contributed by atoms with Gasteiger partial charge in [-0.25, -0.2) is 0 Å². The molecule has 1 unspecified atom stereocenters. The minimum atomic E-state index is -3.90. The van der Waals surface area contributed by atoms with Gasteiger partial charge in [-0.05, 0) is 25.2 Å². The van der Waals surface area contributed by atoms with Gasteiger partial charge in [-0.15, -0.1) is 0 Å². The van der Waals surface area contributed by atoms with Gasteiger partial charge < -0.3 is 10.2 Å². The van der Waals surface area contributed by atoms with E-state index in [1.807, 2.05) is 6.92 Å². The topological polar surface area (TPSA) is 124 Å². The maximum atomic E-state index is 12.1. The molecule has 0 aromatic carbocycles. The van der Waals surface area contributed by atoms with Crippen LogP contribution in [-0.4, -0.2) is 54.0 Å². The van der Waals surface area contributed by atoms with Crippen LogP contribution in [0.3, 0.4) is 0 Å². The van der Waals surface area contributed by atoms with Crippen LogP contribution < -0.4 is 4.72 Å². The van der Waals surface area contributed by atoms with E-state index in [-0.39, 0.29) is 12.3 Å². The minimum absolute atomic E-state index is 0.225. The first-order valence-electron chi connectivity index (χ1n) is 6.44. The third-order valence-electron chi connectivity index (χ3n) is 3.20. The Balaban J connectivity index is 2.70. The van der Waals surface area contributed by atoms with Crippen molar-refractivity contribution in [2.45, 2.75) is 38.6 Å². The first-order chi connectivity index (χ1) is 9.22. The zero-order valence-electron chi connectivity index (χ0n) is 11.3. The fourth-order valence-electron chi connectivity index (χ4n) is 2.12. The molecule has 0 radical (unpaired) electrons. The zero-order valence-corrected chi connectivity index (χ0v) is 12.1. The summed E-state index contributed by atoms with van der Waals surface area (Å²) in [6.07, 6.45) is 0.978. The van der Waals surface area contributed by atoms with Crippen LogP contribution in [0.2, 0.25) is 0 Å². The fraction of sp³-hybridized carbons (Fsp3) is 0.818. The first-order valence-corrected chi connectivity index (χ1v) is 7.88. The molecule has 0 spiro atoms. The van der Waals surface area contributed by atoms with Gasteiger partial charge in [0.2, 0.25) is 0 Å². The normalized spacial score (nSPS) is 22.4. The van der Waals surface area contributed by atoms with Crippen molar-refractivity contribution in [1.82, 2.24) is 9.03 Å². The van der Waals surface area contributed by atoms with Gasteiger partial charge in [0.25, 0.3) is 10.2 Å². The lowest BCUT2D eigenvalue weighted by Crippen LogP contribution is -2.51. The van der Waals surface area contributed by atoms with Crippen molar-refractivity contribution >= 4 is 22.1 Å². The SMILES string of the molecule is CC1CCCN(S(=O)(=O)N[C@@H](CCC(=O)O)C(=O)O)C1. The Kier molecular flexibility index (Phi) is 5.90. The number of piperidine rings is 1. The molecule has 1 rings (SSSR count). The largest absolute Gasteiger partial charge is 0.481 e. The molecule has 1 aliphatic rings. The van der Waals surface area contributed by atoms with Crippen LogP contribution >= 0.6 is 0 Å². The van der Waals surface area contributed by atoms with Gasteiger partial charge in [0.1, 0.15) is 6.04 Å². The molecule has 3 N–H and O–H groups in total. The molecule has 1 aliphatic heterocycles. The molecule has 1 heterocycles. The van der Waals surface area contributed by atoms with Crippen LogP contribution in [0, 0.1) is 5.92 Å². The number of carboxylic acid groups (broad SMARTS) is 2. The van der Waals surface area contributed by atoms with E-state index in [1.165, 1.54) is 4.31 Å². The number of hydrogen-bond acceptors (Lipinski definition) is 4. The molecule has 2 atom stereocenters. The molecule has 0 saturated carbocycles. The van der Waals surface area contributed by atoms with Gasteiger partial charge in [-0.3, -0.25) is 9.59 Å². The second-order valence-corrected chi connectivity index (χ2v) is 6.75. The summed E-state index contributed by atoms with van der Waals surface area (Å²) in [5.74, 6) is -2.32. The van der Waals surface area contributed by atoms with Crippen molar-refractivity contribution in [3.05, 3.63) is 0 Å². The first kappa shape index (κ1) is 16.9. The van der Waals surface area contributed by atoms with Gasteiger partial charge in [0.15, 0.2) is 0 Å². The van der Waals surface area contributed by atoms with E-state index in [1.54, 1.807) is 0 Å². The molecule has 0 aromatic heterocycles. The van der Waals surface area contributed by atoms with E-state index in [2.05, 4.69) is 4.72 Å². The summed E-state index contributed by atoms with van der Waals surface area (Å²) in [4.78, 5) is 21.5. The predicted octanol–water partition coefficient (Wildman–Crippen LogP) is -0.129. The maximum Gasteiger partial charge on any atom is 0.321 e. The monoisotopic (exact) mass is 308 g/mol. The molecule has 20 heavy (non-hydrogen) atoms. The Morgan fingerprint density at radius 3 is 2.55 bits per heavy atom. The van der Waals surface area contributed by atoms with E-state index in [0.29, 0.717) is 13.1 Å². The molecule has 9 heteroatoms. The Morgan fingerprint density at radius 1 is 1.40 bits per heavy atom. The van der Waals surface area contributed by atoms with Crippen molar-refractivity contribution in [3.63, 3.8) is 0 Å². The number of hydrogen-bond donors (Lipinski definition) is 3. The van der Waals surface area contributed by atoms with Gasteiger partial charge in [-0.1, -0.05) is 6.92 Å². The van der Waals surface area contributed by atoms with E-state index >= 15 is 0 Å². The quantitative estimate of drug-likeness (QED) is 0.602. The zero-order chi connectivity index (χ0) is 15.3. The molecule has 116 valence electrons. The lowest BCUT2D eigenvalue weighted by molar-refractivity contribution is -0.140. The van der Waals surface area contributed by atoms with E-state index in [9.17, 15) is 18.0 Å². The van der Waals surface area contributed by atoms with Crippen LogP contribution in [0.1, 0.15) is 32.6 Å². The van der Waals surface area contributed by atoms with E-state index in [4.69, 9.17) is 10.2 Å². The molecule has 0 aromatic rings. The highest BCUT2D eigenvalue weighted by molar-refractivity contribution is 7.87. The highest BCUT2D eigenvalue weighted by Gasteiger charge is 2.31. The van der Waals surface area contributed by atoms with Crippen LogP contribution in [-0.2, 0) is 19.8 Å². The Hall–Kier alpha value is -1.19. The Morgan fingerprint density at radius 2 is 2.05 bits per heavy atom. The fourth-order valence-corrected chi connectivity index (χ4v) is 3.67. The minimum Gasteiger partial charge on any atom is -0.481 e. The third-order valence-corrected chi connectivity index (χ3v) is 4.79. The van der Waals surface area contributed by atoms with Gasteiger partial charge in [-0.2, -0.15) is 17.4 Å². The number of aliphatic carboxylic acids is 2. The molecule has 0 aliphatic carbocycles. The van der Waals surface area contributed by atoms with Gasteiger partial charge >= 0.3 is 11.9 Å². The summed E-state index contributed by atoms with van der Waals surface area (Å²) in [5, 5.41) is 17.5. The van der Waals surface area contributed by atoms with Crippen molar-refractivity contribution < 1.29 is 28.2 Å². The predicted molar refractivity (Wildman–Crippen MR) is 70.3 cm³/mol. The molecular weight excluding hydrogens is 288 g/mol. The summed E-state index contributed by atoms with van der Waals surface area (Å²) >= 11 is 0. The number of nitrogens with zero attached hydrogens (tertiary/aromatic N) is 1. The smallest absolute Gasteiger partial charge is 0.321 e. The molecule has 1 saturated heterocycles. The highest BCUT2D eigenvalue weighted by Crippen LogP contribution is 2.18. The summed E-state index contributed by atoms with van der Waals surface area (Å²) in [5.41, 5.74) is 0. The van der Waals surface area contributed by atoms with Gasteiger partial charge in [0.05, 0.1) is 0 Å². The van der Waals surface area contributed by atoms with E-state index < -0.39 is 34.6 Å². The van der Waals surface area contributed by atoms with Crippen molar-refractivity contribution in [2.24, 2.45) is 5.92 Å². The van der Waals surface area contributed by atoms with Crippen LogP contribution in [0.25, 0.3) is 0 Å². The average molecular weight is 308 g/mol. The standard InChI is InChI=1S/C11H20N2O6S/c1-8-3-2-6-13(7-8)20(18,19)12-9(11(16)17)4-5-10(14)15/h8-9,12H,2-7H2,1H3,(H,14,15)(H,16,17)/t8?,9-/m0/s1. The van der Waals surface area contributed by atoms with Crippen molar-refractivity contribution in [3.8, 4) is 0 Å². The van der Waals surface area contributed by atoms with Gasteiger partial charge in [0, 0.05) is 19.5 Å². The Bertz CT molecular complexity index is 464. The number of rotatable bonds is 7. The lowest BCUT2D eigenvalue weighted by Gasteiger charge is -2.30. The summed E-state index contributed by atoms with van der Waals surface area (Å²) in [7, 11) is -3.90.